The van der Waals surface area contributed by atoms with Gasteiger partial charge >= 0.3 is 5.97 Å². The molecule has 3 N–H and O–H groups in total. The first-order valence-electron chi connectivity index (χ1n) is 8.42. The van der Waals surface area contributed by atoms with E-state index >= 15 is 0 Å². The minimum Gasteiger partial charge on any atom is -0.468 e. The van der Waals surface area contributed by atoms with Crippen molar-refractivity contribution < 1.29 is 23.5 Å². The van der Waals surface area contributed by atoms with Crippen LogP contribution in [0.1, 0.15) is 26.4 Å². The summed E-state index contributed by atoms with van der Waals surface area (Å²) in [5, 5.41) is 5.86. The van der Waals surface area contributed by atoms with Crippen LogP contribution in [0.2, 0.25) is 0 Å². The molecule has 7 nitrogen and oxygen atoms in total. The summed E-state index contributed by atoms with van der Waals surface area (Å²) < 4.78 is 18.0. The molecule has 2 amide bonds. The quantitative estimate of drug-likeness (QED) is 0.590. The average molecular weight is 383 g/mol. The van der Waals surface area contributed by atoms with Crippen molar-refractivity contribution in [3.8, 4) is 0 Å². The fraction of sp³-hybridized carbons (Fsp3) is 0.150. The highest BCUT2D eigenvalue weighted by atomic mass is 19.1. The number of H-pyrrole nitrogens is 1. The normalized spacial score (nSPS) is 10.5. The topological polar surface area (TPSA) is 100 Å². The van der Waals surface area contributed by atoms with Gasteiger partial charge in [0.25, 0.3) is 11.8 Å². The molecule has 3 rings (SSSR count). The number of esters is 1. The molecule has 0 fully saturated rings. The summed E-state index contributed by atoms with van der Waals surface area (Å²) in [6, 6.07) is 10.6. The first-order valence-corrected chi connectivity index (χ1v) is 8.42. The predicted molar refractivity (Wildman–Crippen MR) is 102 cm³/mol. The lowest BCUT2D eigenvalue weighted by Gasteiger charge is -2.07. The number of amides is 2. The number of fused-ring (bicyclic) bond motifs is 1. The average Bonchev–Trinajstić information content (AvgIpc) is 3.10. The molecule has 1 heterocycles. The Morgan fingerprint density at radius 1 is 1.11 bits per heavy atom. The molecule has 0 unspecified atom stereocenters. The van der Waals surface area contributed by atoms with Crippen LogP contribution in [0.25, 0.3) is 10.9 Å². The van der Waals surface area contributed by atoms with Gasteiger partial charge in [0.2, 0.25) is 0 Å². The zero-order chi connectivity index (χ0) is 20.3. The van der Waals surface area contributed by atoms with E-state index in [-0.39, 0.29) is 23.6 Å². The lowest BCUT2D eigenvalue weighted by atomic mass is 10.1. The van der Waals surface area contributed by atoms with Crippen molar-refractivity contribution in [2.24, 2.45) is 0 Å². The number of carbonyl (C=O) groups excluding carboxylic acids is 3. The van der Waals surface area contributed by atoms with Gasteiger partial charge in [-0.15, -0.1) is 0 Å². The van der Waals surface area contributed by atoms with Gasteiger partial charge in [-0.25, -0.2) is 4.39 Å². The molecular weight excluding hydrogens is 365 g/mol. The number of nitrogens with one attached hydrogen (secondary N) is 3. The molecular formula is C20H18FN3O4. The fourth-order valence-electron chi connectivity index (χ4n) is 2.76. The van der Waals surface area contributed by atoms with Crippen LogP contribution >= 0.6 is 0 Å². The number of anilines is 1. The van der Waals surface area contributed by atoms with E-state index in [0.29, 0.717) is 11.2 Å². The minimum atomic E-state index is -0.566. The van der Waals surface area contributed by atoms with Gasteiger partial charge in [-0.1, -0.05) is 6.07 Å². The Bertz CT molecular complexity index is 1070. The van der Waals surface area contributed by atoms with Crippen LogP contribution in [0.5, 0.6) is 0 Å². The van der Waals surface area contributed by atoms with Crippen molar-refractivity contribution in [2.75, 3.05) is 19.0 Å². The largest absolute Gasteiger partial charge is 0.468 e. The smallest absolute Gasteiger partial charge is 0.325 e. The number of aromatic amines is 1. The van der Waals surface area contributed by atoms with Gasteiger partial charge in [0.15, 0.2) is 0 Å². The Labute approximate surface area is 159 Å². The fourth-order valence-corrected chi connectivity index (χ4v) is 2.76. The van der Waals surface area contributed by atoms with E-state index in [4.69, 9.17) is 0 Å². The van der Waals surface area contributed by atoms with Crippen molar-refractivity contribution in [2.45, 2.75) is 6.92 Å². The van der Waals surface area contributed by atoms with E-state index in [1.54, 1.807) is 31.2 Å². The van der Waals surface area contributed by atoms with E-state index in [2.05, 4.69) is 20.4 Å². The molecule has 0 aliphatic rings. The Morgan fingerprint density at radius 2 is 1.89 bits per heavy atom. The van der Waals surface area contributed by atoms with Crippen molar-refractivity contribution in [1.29, 1.82) is 0 Å². The zero-order valence-electron chi connectivity index (χ0n) is 15.3. The molecule has 0 saturated heterocycles. The molecule has 0 atom stereocenters. The summed E-state index contributed by atoms with van der Waals surface area (Å²) in [5.74, 6) is -1.85. The Morgan fingerprint density at radius 3 is 2.64 bits per heavy atom. The highest BCUT2D eigenvalue weighted by Crippen LogP contribution is 2.22. The van der Waals surface area contributed by atoms with E-state index in [0.717, 1.165) is 10.9 Å². The number of hydrogen-bond acceptors (Lipinski definition) is 4. The van der Waals surface area contributed by atoms with E-state index in [1.165, 1.54) is 25.3 Å². The molecule has 2 aromatic carbocycles. The molecule has 1 aromatic heterocycles. The van der Waals surface area contributed by atoms with Crippen LogP contribution in [0.15, 0.2) is 42.5 Å². The first-order chi connectivity index (χ1) is 13.4. The maximum atomic E-state index is 13.5. The van der Waals surface area contributed by atoms with E-state index in [1.807, 2.05) is 0 Å². The van der Waals surface area contributed by atoms with Crippen molar-refractivity contribution in [3.63, 3.8) is 0 Å². The molecule has 144 valence electrons. The number of halogens is 1. The van der Waals surface area contributed by atoms with Gasteiger partial charge < -0.3 is 20.4 Å². The lowest BCUT2D eigenvalue weighted by Crippen LogP contribution is -2.30. The summed E-state index contributed by atoms with van der Waals surface area (Å²) in [6.45, 7) is 1.51. The molecule has 8 heteroatoms. The zero-order valence-corrected chi connectivity index (χ0v) is 15.3. The second-order valence-electron chi connectivity index (χ2n) is 6.16. The molecule has 0 bridgehead atoms. The van der Waals surface area contributed by atoms with Crippen LogP contribution < -0.4 is 10.6 Å². The predicted octanol–water partition coefficient (Wildman–Crippen LogP) is 2.77. The second-order valence-corrected chi connectivity index (χ2v) is 6.16. The first kappa shape index (κ1) is 19.1. The third-order valence-electron chi connectivity index (χ3n) is 4.16. The van der Waals surface area contributed by atoms with Crippen LogP contribution in [0.4, 0.5) is 10.1 Å². The van der Waals surface area contributed by atoms with Crippen LogP contribution in [-0.2, 0) is 9.53 Å². The van der Waals surface area contributed by atoms with Crippen molar-refractivity contribution >= 4 is 34.4 Å². The maximum Gasteiger partial charge on any atom is 0.325 e. The number of aromatic nitrogens is 1. The minimum absolute atomic E-state index is 0.253. The van der Waals surface area contributed by atoms with Gasteiger partial charge in [0, 0.05) is 22.2 Å². The molecule has 28 heavy (non-hydrogen) atoms. The summed E-state index contributed by atoms with van der Waals surface area (Å²) in [4.78, 5) is 38.6. The molecule has 0 aliphatic heterocycles. The maximum absolute atomic E-state index is 13.5. The number of ether oxygens (including phenoxy) is 1. The highest BCUT2D eigenvalue weighted by molar-refractivity contribution is 6.07. The van der Waals surface area contributed by atoms with Gasteiger partial charge in [0.1, 0.15) is 18.1 Å². The van der Waals surface area contributed by atoms with Gasteiger partial charge in [-0.05, 0) is 48.9 Å². The Hall–Kier alpha value is -3.68. The van der Waals surface area contributed by atoms with Crippen molar-refractivity contribution in [3.05, 3.63) is 65.1 Å². The number of methoxy groups -OCH3 is 1. The summed E-state index contributed by atoms with van der Waals surface area (Å²) in [6.07, 6.45) is 0. The molecule has 0 aliphatic carbocycles. The van der Waals surface area contributed by atoms with Gasteiger partial charge in [-0.2, -0.15) is 0 Å². The number of hydrogen-bond donors (Lipinski definition) is 3. The van der Waals surface area contributed by atoms with Crippen LogP contribution in [-0.4, -0.2) is 36.4 Å². The Balaban J connectivity index is 1.75. The number of rotatable bonds is 5. The van der Waals surface area contributed by atoms with Crippen LogP contribution in [0.3, 0.4) is 0 Å². The second kappa shape index (κ2) is 7.91. The summed E-state index contributed by atoms with van der Waals surface area (Å²) in [5.41, 5.74) is 2.19. The number of benzene rings is 2. The SMILES string of the molecule is COC(=O)CNC(=O)c1cccc(NC(=O)c2cc3c(C)cc(F)cc3[nH]2)c1. The summed E-state index contributed by atoms with van der Waals surface area (Å²) in [7, 11) is 1.23. The monoisotopic (exact) mass is 383 g/mol. The summed E-state index contributed by atoms with van der Waals surface area (Å²) >= 11 is 0. The van der Waals surface area contributed by atoms with Crippen LogP contribution in [0, 0.1) is 12.7 Å². The third-order valence-corrected chi connectivity index (χ3v) is 4.16. The molecule has 0 saturated carbocycles. The van der Waals surface area contributed by atoms with Gasteiger partial charge in [0.05, 0.1) is 7.11 Å². The van der Waals surface area contributed by atoms with E-state index in [9.17, 15) is 18.8 Å². The lowest BCUT2D eigenvalue weighted by molar-refractivity contribution is -0.139. The number of aryl methyl sites for hydroxylation is 1. The van der Waals surface area contributed by atoms with Crippen molar-refractivity contribution in [1.82, 2.24) is 10.3 Å². The molecule has 0 radical (unpaired) electrons. The standard InChI is InChI=1S/C20H18FN3O4/c1-11-6-13(21)8-16-15(11)9-17(24-16)20(27)23-14-5-3-4-12(7-14)19(26)22-10-18(25)28-2/h3-9,24H,10H2,1-2H3,(H,22,26)(H,23,27). The Kier molecular flexibility index (Phi) is 5.39. The number of carbonyl (C=O) groups is 3. The molecule has 3 aromatic rings. The third kappa shape index (κ3) is 4.17. The van der Waals surface area contributed by atoms with Gasteiger partial charge in [-0.3, -0.25) is 14.4 Å². The highest BCUT2D eigenvalue weighted by Gasteiger charge is 2.13. The molecule has 0 spiro atoms. The van der Waals surface area contributed by atoms with E-state index < -0.39 is 17.8 Å².